The Morgan fingerprint density at radius 2 is 1.94 bits per heavy atom. The molecule has 2 heterocycles. The molecule has 0 radical (unpaired) electrons. The highest BCUT2D eigenvalue weighted by Crippen LogP contribution is 2.44. The van der Waals surface area contributed by atoms with Crippen LogP contribution in [0.3, 0.4) is 0 Å². The number of ether oxygens (including phenoxy) is 2. The van der Waals surface area contributed by atoms with Crippen LogP contribution >= 0.6 is 0 Å². The zero-order chi connectivity index (χ0) is 22.2. The number of non-ortho nitro benzene ring substituents is 1. The Morgan fingerprint density at radius 3 is 2.72 bits per heavy atom. The smallest absolute Gasteiger partial charge is 0.270 e. The molecular formula is C25H20N2O5. The summed E-state index contributed by atoms with van der Waals surface area (Å²) in [4.78, 5) is 25.9. The molecule has 0 saturated carbocycles. The van der Waals surface area contributed by atoms with Gasteiger partial charge in [0, 0.05) is 25.2 Å². The van der Waals surface area contributed by atoms with E-state index in [9.17, 15) is 14.9 Å². The van der Waals surface area contributed by atoms with E-state index in [0.717, 1.165) is 16.9 Å². The van der Waals surface area contributed by atoms with E-state index < -0.39 is 4.92 Å². The highest BCUT2D eigenvalue weighted by atomic mass is 16.6. The normalized spacial score (nSPS) is 16.3. The van der Waals surface area contributed by atoms with Crippen molar-refractivity contribution >= 4 is 17.5 Å². The third kappa shape index (κ3) is 3.63. The van der Waals surface area contributed by atoms with Crippen LogP contribution in [0.25, 0.3) is 6.08 Å². The SMILES string of the molecule is Cc1cc2c(c3c1C(=O)/C(=C/c1cccc([N+](=O)[O-])c1)O3)CN(Cc1ccccc1)CO2. The van der Waals surface area contributed by atoms with Crippen LogP contribution < -0.4 is 9.47 Å². The molecule has 2 aliphatic rings. The molecule has 32 heavy (non-hydrogen) atoms. The van der Waals surface area contributed by atoms with Crippen molar-refractivity contribution in [2.75, 3.05) is 6.73 Å². The van der Waals surface area contributed by atoms with Gasteiger partial charge in [-0.25, -0.2) is 0 Å². The molecular weight excluding hydrogens is 408 g/mol. The number of hydrogen-bond donors (Lipinski definition) is 0. The van der Waals surface area contributed by atoms with Gasteiger partial charge in [0.05, 0.1) is 16.1 Å². The summed E-state index contributed by atoms with van der Waals surface area (Å²) in [6.07, 6.45) is 1.55. The van der Waals surface area contributed by atoms with Gasteiger partial charge in [-0.3, -0.25) is 19.8 Å². The van der Waals surface area contributed by atoms with Crippen LogP contribution in [-0.4, -0.2) is 22.3 Å². The molecule has 7 heteroatoms. The number of fused-ring (bicyclic) bond motifs is 3. The first-order valence-electron chi connectivity index (χ1n) is 10.2. The molecule has 160 valence electrons. The largest absolute Gasteiger partial charge is 0.478 e. The zero-order valence-electron chi connectivity index (χ0n) is 17.4. The van der Waals surface area contributed by atoms with E-state index in [1.54, 1.807) is 18.2 Å². The topological polar surface area (TPSA) is 81.9 Å². The monoisotopic (exact) mass is 428 g/mol. The molecule has 0 spiro atoms. The Hall–Kier alpha value is -3.97. The third-order valence-electron chi connectivity index (χ3n) is 5.62. The van der Waals surface area contributed by atoms with E-state index in [4.69, 9.17) is 9.47 Å². The second-order valence-electron chi connectivity index (χ2n) is 7.91. The molecule has 0 aliphatic carbocycles. The van der Waals surface area contributed by atoms with Gasteiger partial charge < -0.3 is 9.47 Å². The second kappa shape index (κ2) is 7.94. The lowest BCUT2D eigenvalue weighted by Crippen LogP contribution is -2.31. The van der Waals surface area contributed by atoms with E-state index in [0.29, 0.717) is 36.7 Å². The highest BCUT2D eigenvalue weighted by molar-refractivity contribution is 6.15. The van der Waals surface area contributed by atoms with Crippen LogP contribution in [0.2, 0.25) is 0 Å². The van der Waals surface area contributed by atoms with Gasteiger partial charge in [-0.2, -0.15) is 0 Å². The fourth-order valence-corrected chi connectivity index (χ4v) is 4.10. The number of carbonyl (C=O) groups excluding carboxylic acids is 1. The number of nitro benzene ring substituents is 1. The quantitative estimate of drug-likeness (QED) is 0.335. The van der Waals surface area contributed by atoms with Crippen molar-refractivity contribution < 1.29 is 19.2 Å². The Morgan fingerprint density at radius 1 is 1.12 bits per heavy atom. The van der Waals surface area contributed by atoms with E-state index >= 15 is 0 Å². The number of allylic oxidation sites excluding steroid dienone is 1. The maximum absolute atomic E-state index is 13.1. The maximum atomic E-state index is 13.1. The molecule has 3 aromatic carbocycles. The highest BCUT2D eigenvalue weighted by Gasteiger charge is 2.35. The summed E-state index contributed by atoms with van der Waals surface area (Å²) < 4.78 is 12.0. The lowest BCUT2D eigenvalue weighted by atomic mass is 9.98. The van der Waals surface area contributed by atoms with Gasteiger partial charge >= 0.3 is 0 Å². The van der Waals surface area contributed by atoms with Crippen LogP contribution in [0.1, 0.15) is 32.6 Å². The van der Waals surface area contributed by atoms with Gasteiger partial charge in [-0.1, -0.05) is 42.5 Å². The Labute approximate surface area is 184 Å². The fourth-order valence-electron chi connectivity index (χ4n) is 4.10. The number of nitro groups is 1. The summed E-state index contributed by atoms with van der Waals surface area (Å²) in [5, 5.41) is 11.1. The second-order valence-corrected chi connectivity index (χ2v) is 7.91. The number of benzene rings is 3. The van der Waals surface area contributed by atoms with E-state index in [1.165, 1.54) is 17.7 Å². The molecule has 2 aliphatic heterocycles. The number of hydrogen-bond acceptors (Lipinski definition) is 6. The molecule has 0 amide bonds. The lowest BCUT2D eigenvalue weighted by Gasteiger charge is -2.30. The number of nitrogens with zero attached hydrogens (tertiary/aromatic N) is 2. The van der Waals surface area contributed by atoms with Crippen molar-refractivity contribution in [1.82, 2.24) is 4.90 Å². The van der Waals surface area contributed by atoms with Crippen LogP contribution in [0.5, 0.6) is 11.5 Å². The fraction of sp³-hybridized carbons (Fsp3) is 0.160. The molecule has 0 fully saturated rings. The number of ketones is 1. The van der Waals surface area contributed by atoms with Gasteiger partial charge in [-0.15, -0.1) is 0 Å². The predicted molar refractivity (Wildman–Crippen MR) is 118 cm³/mol. The number of Topliss-reactive ketones (excluding diaryl/α,β-unsaturated/α-hetero) is 1. The first-order chi connectivity index (χ1) is 15.5. The zero-order valence-corrected chi connectivity index (χ0v) is 17.4. The Balaban J connectivity index is 1.47. The minimum atomic E-state index is -0.465. The van der Waals surface area contributed by atoms with Crippen molar-refractivity contribution in [2.45, 2.75) is 20.0 Å². The summed E-state index contributed by atoms with van der Waals surface area (Å²) in [6, 6.07) is 18.1. The Bertz CT molecular complexity index is 1270. The van der Waals surface area contributed by atoms with E-state index in [2.05, 4.69) is 17.0 Å². The van der Waals surface area contributed by atoms with Gasteiger partial charge in [0.1, 0.15) is 18.2 Å². The summed E-state index contributed by atoms with van der Waals surface area (Å²) in [5.74, 6) is 1.15. The summed E-state index contributed by atoms with van der Waals surface area (Å²) in [6.45, 7) is 3.61. The molecule has 0 unspecified atom stereocenters. The average molecular weight is 428 g/mol. The summed E-state index contributed by atoms with van der Waals surface area (Å²) in [5.41, 5.74) is 3.80. The van der Waals surface area contributed by atoms with Crippen LogP contribution in [-0.2, 0) is 13.1 Å². The number of aryl methyl sites for hydroxylation is 1. The van der Waals surface area contributed by atoms with Crippen molar-refractivity contribution in [2.24, 2.45) is 0 Å². The van der Waals surface area contributed by atoms with Crippen molar-refractivity contribution in [3.05, 3.63) is 104 Å². The minimum Gasteiger partial charge on any atom is -0.478 e. The molecule has 0 atom stereocenters. The first kappa shape index (κ1) is 20.0. The number of carbonyl (C=O) groups is 1. The minimum absolute atomic E-state index is 0.0409. The van der Waals surface area contributed by atoms with Crippen molar-refractivity contribution in [3.8, 4) is 11.5 Å². The molecule has 0 N–H and O–H groups in total. The first-order valence-corrected chi connectivity index (χ1v) is 10.2. The average Bonchev–Trinajstić information content (AvgIpc) is 3.12. The molecule has 0 saturated heterocycles. The van der Waals surface area contributed by atoms with Gasteiger partial charge in [0.2, 0.25) is 5.78 Å². The van der Waals surface area contributed by atoms with Gasteiger partial charge in [-0.05, 0) is 35.8 Å². The van der Waals surface area contributed by atoms with Crippen LogP contribution in [0.4, 0.5) is 5.69 Å². The van der Waals surface area contributed by atoms with Gasteiger partial charge in [0.15, 0.2) is 5.76 Å². The Kier molecular flexibility index (Phi) is 4.95. The van der Waals surface area contributed by atoms with E-state index in [-0.39, 0.29) is 17.2 Å². The van der Waals surface area contributed by atoms with Crippen molar-refractivity contribution in [3.63, 3.8) is 0 Å². The predicted octanol–water partition coefficient (Wildman–Crippen LogP) is 4.87. The van der Waals surface area contributed by atoms with Crippen LogP contribution in [0.15, 0.2) is 66.4 Å². The van der Waals surface area contributed by atoms with Crippen LogP contribution in [0, 0.1) is 17.0 Å². The lowest BCUT2D eigenvalue weighted by molar-refractivity contribution is -0.384. The third-order valence-corrected chi connectivity index (χ3v) is 5.62. The molecule has 7 nitrogen and oxygen atoms in total. The standard InChI is InChI=1S/C25H20N2O5/c1-16-10-21-20(14-26(15-31-21)13-17-6-3-2-4-7-17)25-23(16)24(28)22(32-25)12-18-8-5-9-19(11-18)27(29)30/h2-12H,13-15H2,1H3/b22-12-. The maximum Gasteiger partial charge on any atom is 0.270 e. The van der Waals surface area contributed by atoms with Crippen molar-refractivity contribution in [1.29, 1.82) is 0 Å². The number of rotatable bonds is 4. The molecule has 0 aromatic heterocycles. The molecule has 0 bridgehead atoms. The summed E-state index contributed by atoms with van der Waals surface area (Å²) >= 11 is 0. The van der Waals surface area contributed by atoms with Gasteiger partial charge in [0.25, 0.3) is 5.69 Å². The molecule has 5 rings (SSSR count). The summed E-state index contributed by atoms with van der Waals surface area (Å²) in [7, 11) is 0. The molecule has 3 aromatic rings. The van der Waals surface area contributed by atoms with E-state index in [1.807, 2.05) is 31.2 Å².